The summed E-state index contributed by atoms with van der Waals surface area (Å²) < 4.78 is 0. The van der Waals surface area contributed by atoms with E-state index in [1.165, 1.54) is 0 Å². The van der Waals surface area contributed by atoms with Crippen molar-refractivity contribution in [3.8, 4) is 0 Å². The smallest absolute Gasteiger partial charge is 0.326 e. The van der Waals surface area contributed by atoms with Gasteiger partial charge in [0.2, 0.25) is 0 Å². The Hall–Kier alpha value is -2.22. The highest BCUT2D eigenvalue weighted by molar-refractivity contribution is 7.98. The number of aliphatic carboxylic acids is 2. The largest absolute Gasteiger partial charge is 0.481 e. The topological polar surface area (TPSA) is 116 Å². The van der Waals surface area contributed by atoms with Gasteiger partial charge in [0.15, 0.2) is 0 Å². The van der Waals surface area contributed by atoms with Crippen molar-refractivity contribution < 1.29 is 24.6 Å². The van der Waals surface area contributed by atoms with Crippen LogP contribution in [0.2, 0.25) is 0 Å². The van der Waals surface area contributed by atoms with Crippen molar-refractivity contribution in [2.24, 2.45) is 0 Å². The van der Waals surface area contributed by atoms with Crippen LogP contribution in [0.1, 0.15) is 6.42 Å². The molecule has 4 N–H and O–H groups in total. The monoisotopic (exact) mass is 298 g/mol. The van der Waals surface area contributed by atoms with Crippen molar-refractivity contribution >= 4 is 35.4 Å². The lowest BCUT2D eigenvalue weighted by Crippen LogP contribution is -2.44. The SMILES string of the molecule is CSc1ccc(NC(=O)N[C@H](CC(=O)O)C(=O)O)cc1. The number of carboxylic acid groups (broad SMARTS) is 2. The number of carbonyl (C=O) groups is 3. The molecule has 0 heterocycles. The molecule has 0 fully saturated rings. The lowest BCUT2D eigenvalue weighted by atomic mass is 10.2. The molecule has 0 aromatic heterocycles. The first-order chi connectivity index (χ1) is 9.42. The zero-order valence-electron chi connectivity index (χ0n) is 10.6. The average Bonchev–Trinajstić information content (AvgIpc) is 2.38. The van der Waals surface area contributed by atoms with Crippen LogP contribution in [0.3, 0.4) is 0 Å². The average molecular weight is 298 g/mol. The molecule has 0 bridgehead atoms. The molecule has 1 aromatic rings. The van der Waals surface area contributed by atoms with Gasteiger partial charge < -0.3 is 20.8 Å². The summed E-state index contributed by atoms with van der Waals surface area (Å²) in [4.78, 5) is 33.9. The summed E-state index contributed by atoms with van der Waals surface area (Å²) in [5.74, 6) is -2.71. The Morgan fingerprint density at radius 1 is 1.20 bits per heavy atom. The lowest BCUT2D eigenvalue weighted by molar-refractivity contribution is -0.145. The summed E-state index contributed by atoms with van der Waals surface area (Å²) in [6, 6.07) is 4.68. The van der Waals surface area contributed by atoms with Gasteiger partial charge in [0, 0.05) is 10.6 Å². The predicted octanol–water partition coefficient (Wildman–Crippen LogP) is 1.46. The zero-order valence-corrected chi connectivity index (χ0v) is 11.4. The number of rotatable bonds is 6. The van der Waals surface area contributed by atoms with Crippen LogP contribution in [-0.4, -0.2) is 40.5 Å². The van der Waals surface area contributed by atoms with Crippen LogP contribution in [0.5, 0.6) is 0 Å². The quantitative estimate of drug-likeness (QED) is 0.591. The van der Waals surface area contributed by atoms with Crippen LogP contribution in [-0.2, 0) is 9.59 Å². The molecule has 0 unspecified atom stereocenters. The molecule has 2 amide bonds. The van der Waals surface area contributed by atoms with E-state index in [9.17, 15) is 14.4 Å². The summed E-state index contributed by atoms with van der Waals surface area (Å²) in [7, 11) is 0. The molecule has 1 atom stereocenters. The molecular formula is C12H14N2O5S. The van der Waals surface area contributed by atoms with Crippen LogP contribution in [0.15, 0.2) is 29.2 Å². The fraction of sp³-hybridized carbons (Fsp3) is 0.250. The van der Waals surface area contributed by atoms with Gasteiger partial charge in [0.1, 0.15) is 6.04 Å². The number of urea groups is 1. The number of carbonyl (C=O) groups excluding carboxylic acids is 1. The van der Waals surface area contributed by atoms with Crippen molar-refractivity contribution in [3.05, 3.63) is 24.3 Å². The van der Waals surface area contributed by atoms with Crippen LogP contribution < -0.4 is 10.6 Å². The molecular weight excluding hydrogens is 284 g/mol. The Balaban J connectivity index is 2.60. The third kappa shape index (κ3) is 5.19. The number of thioether (sulfide) groups is 1. The molecule has 0 saturated heterocycles. The van der Waals surface area contributed by atoms with E-state index in [4.69, 9.17) is 10.2 Å². The highest BCUT2D eigenvalue weighted by Crippen LogP contribution is 2.17. The zero-order chi connectivity index (χ0) is 15.1. The second-order valence-electron chi connectivity index (χ2n) is 3.82. The first-order valence-electron chi connectivity index (χ1n) is 5.58. The Morgan fingerprint density at radius 3 is 2.25 bits per heavy atom. The van der Waals surface area contributed by atoms with E-state index >= 15 is 0 Å². The molecule has 7 nitrogen and oxygen atoms in total. The number of amides is 2. The molecule has 1 aromatic carbocycles. The first kappa shape index (κ1) is 15.8. The summed E-state index contributed by atoms with van der Waals surface area (Å²) in [6.45, 7) is 0. The van der Waals surface area contributed by atoms with Gasteiger partial charge >= 0.3 is 18.0 Å². The van der Waals surface area contributed by atoms with E-state index < -0.39 is 30.4 Å². The van der Waals surface area contributed by atoms with Gasteiger partial charge in [0.25, 0.3) is 0 Å². The summed E-state index contributed by atoms with van der Waals surface area (Å²) in [6.07, 6.45) is 1.23. The van der Waals surface area contributed by atoms with Gasteiger partial charge in [-0.2, -0.15) is 0 Å². The maximum atomic E-state index is 11.6. The minimum absolute atomic E-state index is 0.486. The molecule has 0 aliphatic heterocycles. The van der Waals surface area contributed by atoms with Gasteiger partial charge in [-0.15, -0.1) is 11.8 Å². The highest BCUT2D eigenvalue weighted by Gasteiger charge is 2.22. The number of hydrogen-bond acceptors (Lipinski definition) is 4. The standard InChI is InChI=1S/C12H14N2O5S/c1-20-8-4-2-7(3-5-8)13-12(19)14-9(11(17)18)6-10(15)16/h2-5,9H,6H2,1H3,(H,15,16)(H,17,18)(H2,13,14,19)/t9-/m1/s1. The molecule has 8 heteroatoms. The Morgan fingerprint density at radius 2 is 1.80 bits per heavy atom. The third-order valence-electron chi connectivity index (χ3n) is 2.33. The Labute approximate surface area is 119 Å². The third-order valence-corrected chi connectivity index (χ3v) is 3.07. The maximum Gasteiger partial charge on any atom is 0.326 e. The fourth-order valence-electron chi connectivity index (χ4n) is 1.37. The van der Waals surface area contributed by atoms with Crippen molar-refractivity contribution in [3.63, 3.8) is 0 Å². The van der Waals surface area contributed by atoms with Gasteiger partial charge in [-0.05, 0) is 30.5 Å². The summed E-state index contributed by atoms with van der Waals surface area (Å²) >= 11 is 1.55. The first-order valence-corrected chi connectivity index (χ1v) is 6.81. The van der Waals surface area contributed by atoms with E-state index in [1.807, 2.05) is 6.26 Å². The molecule has 0 radical (unpaired) electrons. The lowest BCUT2D eigenvalue weighted by Gasteiger charge is -2.13. The second-order valence-corrected chi connectivity index (χ2v) is 4.70. The Bertz CT molecular complexity index is 503. The minimum Gasteiger partial charge on any atom is -0.481 e. The predicted molar refractivity (Wildman–Crippen MR) is 74.1 cm³/mol. The Kier molecular flexibility index (Phi) is 5.85. The fourth-order valence-corrected chi connectivity index (χ4v) is 1.78. The highest BCUT2D eigenvalue weighted by atomic mass is 32.2. The molecule has 0 spiro atoms. The molecule has 20 heavy (non-hydrogen) atoms. The molecule has 0 saturated carbocycles. The summed E-state index contributed by atoms with van der Waals surface area (Å²) in [5.41, 5.74) is 0.486. The van der Waals surface area contributed by atoms with Gasteiger partial charge in [0.05, 0.1) is 6.42 Å². The van der Waals surface area contributed by atoms with E-state index in [0.717, 1.165) is 4.90 Å². The van der Waals surface area contributed by atoms with E-state index in [0.29, 0.717) is 5.69 Å². The van der Waals surface area contributed by atoms with E-state index in [1.54, 1.807) is 36.0 Å². The van der Waals surface area contributed by atoms with Gasteiger partial charge in [-0.3, -0.25) is 4.79 Å². The molecule has 108 valence electrons. The number of anilines is 1. The maximum absolute atomic E-state index is 11.6. The number of benzene rings is 1. The van der Waals surface area contributed by atoms with Crippen molar-refractivity contribution in [1.29, 1.82) is 0 Å². The van der Waals surface area contributed by atoms with Gasteiger partial charge in [-0.25, -0.2) is 9.59 Å². The van der Waals surface area contributed by atoms with Crippen LogP contribution in [0, 0.1) is 0 Å². The van der Waals surface area contributed by atoms with E-state index in [2.05, 4.69) is 10.6 Å². The van der Waals surface area contributed by atoms with Gasteiger partial charge in [-0.1, -0.05) is 0 Å². The molecule has 1 rings (SSSR count). The molecule has 0 aliphatic rings. The number of carboxylic acids is 2. The number of nitrogens with one attached hydrogen (secondary N) is 2. The van der Waals surface area contributed by atoms with Crippen LogP contribution in [0.4, 0.5) is 10.5 Å². The normalized spacial score (nSPS) is 11.4. The van der Waals surface area contributed by atoms with Crippen LogP contribution in [0.25, 0.3) is 0 Å². The molecule has 0 aliphatic carbocycles. The minimum atomic E-state index is -1.47. The van der Waals surface area contributed by atoms with Crippen molar-refractivity contribution in [1.82, 2.24) is 5.32 Å². The van der Waals surface area contributed by atoms with E-state index in [-0.39, 0.29) is 0 Å². The number of hydrogen-bond donors (Lipinski definition) is 4. The second kappa shape index (κ2) is 7.39. The van der Waals surface area contributed by atoms with Crippen LogP contribution >= 0.6 is 11.8 Å². The van der Waals surface area contributed by atoms with Crippen molar-refractivity contribution in [2.45, 2.75) is 17.4 Å². The summed E-state index contributed by atoms with van der Waals surface area (Å²) in [5, 5.41) is 21.9. The van der Waals surface area contributed by atoms with Crippen molar-refractivity contribution in [2.75, 3.05) is 11.6 Å².